The van der Waals surface area contributed by atoms with Crippen molar-refractivity contribution in [2.45, 2.75) is 31.7 Å². The molecule has 2 heterocycles. The number of nitrogens with zero attached hydrogens (tertiary/aromatic N) is 2. The molecule has 1 aliphatic heterocycles. The van der Waals surface area contributed by atoms with E-state index in [9.17, 15) is 14.4 Å². The van der Waals surface area contributed by atoms with Crippen LogP contribution in [-0.2, 0) is 4.79 Å². The Morgan fingerprint density at radius 3 is 2.53 bits per heavy atom. The lowest BCUT2D eigenvalue weighted by Gasteiger charge is -2.33. The van der Waals surface area contributed by atoms with Crippen molar-refractivity contribution < 1.29 is 18.8 Å². The summed E-state index contributed by atoms with van der Waals surface area (Å²) in [5.74, 6) is -0.205. The van der Waals surface area contributed by atoms with Gasteiger partial charge in [0.15, 0.2) is 5.76 Å². The third kappa shape index (κ3) is 4.25. The molecule has 2 atom stereocenters. The quantitative estimate of drug-likeness (QED) is 0.826. The number of nitrogens with one attached hydrogen (secondary N) is 1. The molecule has 0 bridgehead atoms. The molecule has 1 aromatic carbocycles. The third-order valence-corrected chi connectivity index (χ3v) is 6.03. The van der Waals surface area contributed by atoms with Crippen molar-refractivity contribution in [2.75, 3.05) is 26.2 Å². The number of amides is 3. The van der Waals surface area contributed by atoms with Gasteiger partial charge in [0, 0.05) is 37.8 Å². The molecule has 3 amide bonds. The molecule has 1 aromatic heterocycles. The highest BCUT2D eigenvalue weighted by Gasteiger charge is 2.39. The van der Waals surface area contributed by atoms with Gasteiger partial charge in [-0.2, -0.15) is 0 Å². The van der Waals surface area contributed by atoms with E-state index in [2.05, 4.69) is 5.32 Å². The van der Waals surface area contributed by atoms with E-state index in [1.165, 1.54) is 6.26 Å². The number of hydrogen-bond acceptors (Lipinski definition) is 4. The monoisotopic (exact) mass is 409 g/mol. The molecule has 2 aliphatic rings. The number of rotatable bonds is 2. The molecule has 2 aromatic rings. The summed E-state index contributed by atoms with van der Waals surface area (Å²) in [4.78, 5) is 42.5. The molecule has 4 rings (SSSR count). The van der Waals surface area contributed by atoms with Crippen molar-refractivity contribution in [1.82, 2.24) is 15.1 Å². The highest BCUT2D eigenvalue weighted by molar-refractivity contribution is 5.95. The van der Waals surface area contributed by atoms with Gasteiger partial charge in [-0.1, -0.05) is 24.6 Å². The first kappa shape index (κ1) is 20.2. The summed E-state index contributed by atoms with van der Waals surface area (Å²) in [5, 5.41) is 2.98. The van der Waals surface area contributed by atoms with E-state index in [1.807, 2.05) is 35.2 Å². The lowest BCUT2D eigenvalue weighted by Crippen LogP contribution is -2.47. The third-order valence-electron chi connectivity index (χ3n) is 6.03. The number of carbonyl (C=O) groups is 3. The van der Waals surface area contributed by atoms with Gasteiger partial charge in [-0.3, -0.25) is 14.4 Å². The van der Waals surface area contributed by atoms with Gasteiger partial charge in [0.25, 0.3) is 11.8 Å². The van der Waals surface area contributed by atoms with E-state index in [0.717, 1.165) is 19.3 Å². The Morgan fingerprint density at radius 2 is 1.77 bits per heavy atom. The number of furan rings is 1. The number of fused-ring (bicyclic) bond motifs is 1. The normalized spacial score (nSPS) is 22.7. The van der Waals surface area contributed by atoms with E-state index < -0.39 is 0 Å². The average molecular weight is 409 g/mol. The molecule has 30 heavy (non-hydrogen) atoms. The van der Waals surface area contributed by atoms with Crippen LogP contribution in [-0.4, -0.2) is 59.7 Å². The van der Waals surface area contributed by atoms with Crippen molar-refractivity contribution in [1.29, 1.82) is 0 Å². The average Bonchev–Trinajstić information content (AvgIpc) is 3.47. The number of carbonyl (C=O) groups excluding carboxylic acids is 3. The van der Waals surface area contributed by atoms with Crippen LogP contribution in [0.1, 0.15) is 46.6 Å². The van der Waals surface area contributed by atoms with Crippen LogP contribution in [0.25, 0.3) is 0 Å². The molecule has 1 aliphatic carbocycles. The molecular formula is C23H27N3O4. The zero-order valence-electron chi connectivity index (χ0n) is 17.0. The maximum atomic E-state index is 13.3. The van der Waals surface area contributed by atoms with Gasteiger partial charge < -0.3 is 19.5 Å². The Balaban J connectivity index is 1.56. The lowest BCUT2D eigenvalue weighted by molar-refractivity contribution is -0.126. The van der Waals surface area contributed by atoms with Crippen LogP contribution in [0.2, 0.25) is 0 Å². The van der Waals surface area contributed by atoms with Crippen LogP contribution in [0.4, 0.5) is 0 Å². The summed E-state index contributed by atoms with van der Waals surface area (Å²) in [7, 11) is 0. The van der Waals surface area contributed by atoms with Gasteiger partial charge in [0.1, 0.15) is 0 Å². The summed E-state index contributed by atoms with van der Waals surface area (Å²) < 4.78 is 5.26. The van der Waals surface area contributed by atoms with Crippen LogP contribution in [0.5, 0.6) is 0 Å². The molecule has 2 fully saturated rings. The fourth-order valence-electron chi connectivity index (χ4n) is 4.53. The molecule has 1 saturated carbocycles. The molecule has 1 N–H and O–H groups in total. The predicted molar refractivity (Wildman–Crippen MR) is 111 cm³/mol. The zero-order valence-corrected chi connectivity index (χ0v) is 17.0. The number of hydrogen-bond donors (Lipinski definition) is 1. The molecule has 158 valence electrons. The van der Waals surface area contributed by atoms with Crippen molar-refractivity contribution in [3.63, 3.8) is 0 Å². The first-order valence-corrected chi connectivity index (χ1v) is 10.6. The molecule has 2 unspecified atom stereocenters. The van der Waals surface area contributed by atoms with Gasteiger partial charge in [-0.15, -0.1) is 0 Å². The second kappa shape index (κ2) is 9.15. The van der Waals surface area contributed by atoms with E-state index in [0.29, 0.717) is 38.2 Å². The van der Waals surface area contributed by atoms with Crippen LogP contribution in [0.15, 0.2) is 53.1 Å². The molecule has 0 radical (unpaired) electrons. The second-order valence-corrected chi connectivity index (χ2v) is 7.88. The minimum absolute atomic E-state index is 0.0318. The summed E-state index contributed by atoms with van der Waals surface area (Å²) in [6.07, 6.45) is 4.66. The lowest BCUT2D eigenvalue weighted by atomic mass is 9.99. The zero-order chi connectivity index (χ0) is 20.9. The SMILES string of the molecule is O=C1NCCN(C(=O)c2ccco2)CCCN(C(=O)c2ccccc2)C2CCCC12. The Hall–Kier alpha value is -3.09. The van der Waals surface area contributed by atoms with Gasteiger partial charge in [-0.25, -0.2) is 0 Å². The Bertz CT molecular complexity index is 881. The van der Waals surface area contributed by atoms with Gasteiger partial charge in [-0.05, 0) is 43.5 Å². The van der Waals surface area contributed by atoms with Gasteiger partial charge in [0.2, 0.25) is 5.91 Å². The summed E-state index contributed by atoms with van der Waals surface area (Å²) in [6, 6.07) is 12.4. The maximum Gasteiger partial charge on any atom is 0.289 e. The highest BCUT2D eigenvalue weighted by atomic mass is 16.3. The molecule has 7 nitrogen and oxygen atoms in total. The maximum absolute atomic E-state index is 13.3. The summed E-state index contributed by atoms with van der Waals surface area (Å²) in [6.45, 7) is 1.80. The Kier molecular flexibility index (Phi) is 6.16. The fourth-order valence-corrected chi connectivity index (χ4v) is 4.53. The molecule has 1 saturated heterocycles. The van der Waals surface area contributed by atoms with Crippen molar-refractivity contribution in [2.24, 2.45) is 5.92 Å². The smallest absolute Gasteiger partial charge is 0.289 e. The predicted octanol–water partition coefficient (Wildman–Crippen LogP) is 2.55. The Labute approximate surface area is 176 Å². The molecule has 7 heteroatoms. The summed E-state index contributed by atoms with van der Waals surface area (Å²) in [5.41, 5.74) is 0.627. The summed E-state index contributed by atoms with van der Waals surface area (Å²) >= 11 is 0. The van der Waals surface area contributed by atoms with E-state index in [4.69, 9.17) is 4.42 Å². The van der Waals surface area contributed by atoms with Crippen LogP contribution < -0.4 is 5.32 Å². The van der Waals surface area contributed by atoms with Crippen LogP contribution >= 0.6 is 0 Å². The van der Waals surface area contributed by atoms with E-state index in [1.54, 1.807) is 17.0 Å². The first-order chi connectivity index (χ1) is 14.6. The first-order valence-electron chi connectivity index (χ1n) is 10.6. The van der Waals surface area contributed by atoms with E-state index >= 15 is 0 Å². The molecule has 0 spiro atoms. The minimum Gasteiger partial charge on any atom is -0.459 e. The van der Waals surface area contributed by atoms with Crippen molar-refractivity contribution in [3.05, 3.63) is 60.1 Å². The Morgan fingerprint density at radius 1 is 0.933 bits per heavy atom. The van der Waals surface area contributed by atoms with E-state index in [-0.39, 0.29) is 35.4 Å². The van der Waals surface area contributed by atoms with Gasteiger partial charge >= 0.3 is 0 Å². The van der Waals surface area contributed by atoms with Crippen molar-refractivity contribution >= 4 is 17.7 Å². The van der Waals surface area contributed by atoms with Crippen LogP contribution in [0, 0.1) is 5.92 Å². The molecular weight excluding hydrogens is 382 g/mol. The number of benzene rings is 1. The largest absolute Gasteiger partial charge is 0.459 e. The van der Waals surface area contributed by atoms with Gasteiger partial charge in [0.05, 0.1) is 12.2 Å². The second-order valence-electron chi connectivity index (χ2n) is 7.88. The fraction of sp³-hybridized carbons (Fsp3) is 0.435. The highest BCUT2D eigenvalue weighted by Crippen LogP contribution is 2.31. The van der Waals surface area contributed by atoms with Crippen molar-refractivity contribution in [3.8, 4) is 0 Å². The van der Waals surface area contributed by atoms with Crippen LogP contribution in [0.3, 0.4) is 0 Å². The minimum atomic E-state index is -0.204. The topological polar surface area (TPSA) is 82.9 Å². The standard InChI is InChI=1S/C23H27N3O4/c27-21-18-9-4-10-19(18)26(22(28)17-7-2-1-3-8-17)14-6-13-25(15-12-24-21)23(29)20-11-5-16-30-20/h1-3,5,7-8,11,16,18-19H,4,6,9-10,12-15H2,(H,24,27).